The van der Waals surface area contributed by atoms with Gasteiger partial charge in [0.2, 0.25) is 21.8 Å². The molecule has 3 unspecified atom stereocenters. The molecule has 152 valence electrons. The fourth-order valence-corrected chi connectivity index (χ4v) is 5.26. The fraction of sp³-hybridized carbons (Fsp3) is 0.471. The lowest BCUT2D eigenvalue weighted by Gasteiger charge is -2.36. The molecular weight excluding hydrogens is 422 g/mol. The molecule has 0 spiro atoms. The first-order valence-corrected chi connectivity index (χ1v) is 11.5. The van der Waals surface area contributed by atoms with Gasteiger partial charge in [0.25, 0.3) is 0 Å². The van der Waals surface area contributed by atoms with Gasteiger partial charge in [-0.1, -0.05) is 24.0 Å². The number of ether oxygens (including phenoxy) is 1. The van der Waals surface area contributed by atoms with Crippen molar-refractivity contribution in [2.45, 2.75) is 42.6 Å². The van der Waals surface area contributed by atoms with E-state index >= 15 is 0 Å². The molecule has 3 atom stereocenters. The highest BCUT2D eigenvalue weighted by Gasteiger charge is 2.41. The Hall–Kier alpha value is -1.53. The second-order valence-electron chi connectivity index (χ2n) is 6.85. The van der Waals surface area contributed by atoms with E-state index in [1.54, 1.807) is 0 Å². The summed E-state index contributed by atoms with van der Waals surface area (Å²) in [6.07, 6.45) is 0.116. The molecule has 3 rings (SSSR count). The number of carbonyl (C=O) groups is 2. The molecule has 2 amide bonds. The van der Waals surface area contributed by atoms with Crippen LogP contribution >= 0.6 is 24.0 Å². The monoisotopic (exact) mass is 443 g/mol. The van der Waals surface area contributed by atoms with Gasteiger partial charge in [-0.15, -0.1) is 0 Å². The number of hydrogen-bond acceptors (Lipinski definition) is 7. The summed E-state index contributed by atoms with van der Waals surface area (Å²) < 4.78 is 29.0. The largest absolute Gasteiger partial charge is 0.372 e. The molecule has 0 saturated carbocycles. The number of thioether (sulfide) groups is 1. The number of nitrogens with two attached hydrogens (primary N) is 1. The number of anilines is 1. The molecule has 8 nitrogen and oxygen atoms in total. The number of sulfonamides is 1. The van der Waals surface area contributed by atoms with Gasteiger partial charge >= 0.3 is 0 Å². The molecule has 28 heavy (non-hydrogen) atoms. The van der Waals surface area contributed by atoms with Crippen LogP contribution in [0.1, 0.15) is 20.3 Å². The maximum atomic E-state index is 12.8. The first-order chi connectivity index (χ1) is 13.1. The highest BCUT2D eigenvalue weighted by molar-refractivity contribution is 8.23. The quantitative estimate of drug-likeness (QED) is 0.546. The Labute approximate surface area is 173 Å². The van der Waals surface area contributed by atoms with Crippen LogP contribution in [0.2, 0.25) is 0 Å². The average molecular weight is 444 g/mol. The molecule has 0 radical (unpaired) electrons. The molecule has 2 heterocycles. The third-order valence-corrected chi connectivity index (χ3v) is 7.04. The fourth-order valence-electron chi connectivity index (χ4n) is 3.28. The van der Waals surface area contributed by atoms with Gasteiger partial charge in [-0.05, 0) is 38.1 Å². The number of hydrogen-bond donors (Lipinski definition) is 1. The molecule has 11 heteroatoms. The van der Waals surface area contributed by atoms with Gasteiger partial charge < -0.3 is 9.64 Å². The Balaban J connectivity index is 1.70. The number of rotatable bonds is 3. The number of morpholine rings is 1. The van der Waals surface area contributed by atoms with E-state index in [1.165, 1.54) is 36.0 Å². The summed E-state index contributed by atoms with van der Waals surface area (Å²) >= 11 is 6.70. The third kappa shape index (κ3) is 4.54. The number of imide groups is 1. The van der Waals surface area contributed by atoms with E-state index in [2.05, 4.69) is 0 Å². The first kappa shape index (κ1) is 21.2. The second-order valence-corrected chi connectivity index (χ2v) is 10.2. The van der Waals surface area contributed by atoms with Crippen molar-refractivity contribution in [1.82, 2.24) is 4.90 Å². The summed E-state index contributed by atoms with van der Waals surface area (Å²) in [5.74, 6) is -0.715. The SMILES string of the molecule is CC1CN(C(=S)SC2CC(=O)N(c3ccc(S(N)(=O)=O)cc3)C2=O)CC(C)O1. The van der Waals surface area contributed by atoms with Gasteiger partial charge in [0.1, 0.15) is 9.57 Å². The normalized spacial score (nSPS) is 26.0. The molecule has 2 saturated heterocycles. The maximum Gasteiger partial charge on any atom is 0.247 e. The van der Waals surface area contributed by atoms with Crippen LogP contribution in [0.25, 0.3) is 0 Å². The summed E-state index contributed by atoms with van der Waals surface area (Å²) in [5.41, 5.74) is 0.310. The van der Waals surface area contributed by atoms with Crippen LogP contribution in [0, 0.1) is 0 Å². The van der Waals surface area contributed by atoms with Crippen LogP contribution in [-0.4, -0.2) is 60.0 Å². The number of benzene rings is 1. The number of primary sulfonamides is 1. The molecule has 0 bridgehead atoms. The van der Waals surface area contributed by atoms with Crippen molar-refractivity contribution in [1.29, 1.82) is 0 Å². The van der Waals surface area contributed by atoms with Crippen LogP contribution in [0.3, 0.4) is 0 Å². The average Bonchev–Trinajstić information content (AvgIpc) is 2.87. The summed E-state index contributed by atoms with van der Waals surface area (Å²) in [6, 6.07) is 5.33. The van der Waals surface area contributed by atoms with Crippen molar-refractivity contribution in [3.8, 4) is 0 Å². The number of nitrogens with zero attached hydrogens (tertiary/aromatic N) is 2. The molecule has 1 aromatic rings. The van der Waals surface area contributed by atoms with Crippen molar-refractivity contribution in [3.05, 3.63) is 24.3 Å². The zero-order chi connectivity index (χ0) is 20.6. The van der Waals surface area contributed by atoms with Crippen LogP contribution in [0.5, 0.6) is 0 Å². The van der Waals surface area contributed by atoms with Crippen LogP contribution in [-0.2, 0) is 24.3 Å². The number of carbonyl (C=O) groups excluding carboxylic acids is 2. The molecule has 2 aliphatic rings. The van der Waals surface area contributed by atoms with E-state index in [1.807, 2.05) is 18.7 Å². The van der Waals surface area contributed by atoms with Crippen molar-refractivity contribution in [2.75, 3.05) is 18.0 Å². The molecular formula is C17H21N3O5S3. The molecule has 0 aromatic heterocycles. The standard InChI is InChI=1S/C17H21N3O5S3/c1-10-8-19(9-11(2)25-10)17(26)27-14-7-15(21)20(16(14)22)12-3-5-13(6-4-12)28(18,23)24/h3-6,10-11,14H,7-9H2,1-2H3,(H2,18,23,24). The van der Waals surface area contributed by atoms with Crippen molar-refractivity contribution < 1.29 is 22.7 Å². The summed E-state index contributed by atoms with van der Waals surface area (Å²) in [6.45, 7) is 5.22. The predicted molar refractivity (Wildman–Crippen MR) is 110 cm³/mol. The van der Waals surface area contributed by atoms with Gasteiger partial charge in [0.15, 0.2) is 0 Å². The number of amides is 2. The molecule has 2 fully saturated rings. The van der Waals surface area contributed by atoms with E-state index in [9.17, 15) is 18.0 Å². The Morgan fingerprint density at radius 2 is 1.75 bits per heavy atom. The van der Waals surface area contributed by atoms with E-state index < -0.39 is 15.3 Å². The van der Waals surface area contributed by atoms with Crippen LogP contribution in [0.15, 0.2) is 29.2 Å². The summed E-state index contributed by atoms with van der Waals surface area (Å²) in [7, 11) is -3.84. The zero-order valence-corrected chi connectivity index (χ0v) is 17.9. The summed E-state index contributed by atoms with van der Waals surface area (Å²) in [4.78, 5) is 28.2. The zero-order valence-electron chi connectivity index (χ0n) is 15.4. The minimum atomic E-state index is -3.84. The smallest absolute Gasteiger partial charge is 0.247 e. The molecule has 2 aliphatic heterocycles. The van der Waals surface area contributed by atoms with Crippen LogP contribution in [0.4, 0.5) is 5.69 Å². The molecule has 1 aromatic carbocycles. The highest BCUT2D eigenvalue weighted by Crippen LogP contribution is 2.32. The van der Waals surface area contributed by atoms with Crippen molar-refractivity contribution in [2.24, 2.45) is 5.14 Å². The minimum absolute atomic E-state index is 0.0377. The minimum Gasteiger partial charge on any atom is -0.372 e. The predicted octanol–water partition coefficient (Wildman–Crippen LogP) is 1.09. The van der Waals surface area contributed by atoms with Gasteiger partial charge in [-0.2, -0.15) is 0 Å². The topological polar surface area (TPSA) is 110 Å². The first-order valence-electron chi connectivity index (χ1n) is 8.67. The lowest BCUT2D eigenvalue weighted by atomic mass is 10.2. The van der Waals surface area contributed by atoms with Gasteiger partial charge in [-0.25, -0.2) is 18.5 Å². The lowest BCUT2D eigenvalue weighted by molar-refractivity contribution is -0.121. The Kier molecular flexibility index (Phi) is 6.11. The van der Waals surface area contributed by atoms with E-state index in [0.29, 0.717) is 23.1 Å². The Morgan fingerprint density at radius 3 is 2.29 bits per heavy atom. The molecule has 2 N–H and O–H groups in total. The van der Waals surface area contributed by atoms with E-state index in [0.717, 1.165) is 4.90 Å². The highest BCUT2D eigenvalue weighted by atomic mass is 32.2. The van der Waals surface area contributed by atoms with Crippen molar-refractivity contribution >= 4 is 55.8 Å². The second kappa shape index (κ2) is 8.07. The van der Waals surface area contributed by atoms with Gasteiger partial charge in [0, 0.05) is 19.5 Å². The van der Waals surface area contributed by atoms with Crippen molar-refractivity contribution in [3.63, 3.8) is 0 Å². The van der Waals surface area contributed by atoms with E-state index in [-0.39, 0.29) is 35.3 Å². The Morgan fingerprint density at radius 1 is 1.18 bits per heavy atom. The van der Waals surface area contributed by atoms with Gasteiger partial charge in [0.05, 0.1) is 22.8 Å². The molecule has 0 aliphatic carbocycles. The number of thiocarbonyl (C=S) groups is 1. The van der Waals surface area contributed by atoms with Gasteiger partial charge in [-0.3, -0.25) is 9.59 Å². The summed E-state index contributed by atoms with van der Waals surface area (Å²) in [5, 5.41) is 4.47. The Bertz CT molecular complexity index is 893. The van der Waals surface area contributed by atoms with E-state index in [4.69, 9.17) is 22.1 Å². The van der Waals surface area contributed by atoms with Crippen LogP contribution < -0.4 is 10.0 Å². The lowest BCUT2D eigenvalue weighted by Crippen LogP contribution is -2.47. The third-order valence-electron chi connectivity index (χ3n) is 4.45. The maximum absolute atomic E-state index is 12.8.